The second-order valence-electron chi connectivity index (χ2n) is 7.48. The van der Waals surface area contributed by atoms with Crippen LogP contribution in [-0.4, -0.2) is 143 Å². The van der Waals surface area contributed by atoms with Gasteiger partial charge in [-0.3, -0.25) is 13.7 Å². The summed E-state index contributed by atoms with van der Waals surface area (Å²) in [5, 5.41) is 30.6. The summed E-state index contributed by atoms with van der Waals surface area (Å²) in [7, 11) is -13.8. The van der Waals surface area contributed by atoms with E-state index in [1.165, 1.54) is 0 Å². The summed E-state index contributed by atoms with van der Waals surface area (Å²) in [6.07, 6.45) is -19.1. The van der Waals surface area contributed by atoms with E-state index < -0.39 is 106 Å². The van der Waals surface area contributed by atoms with Gasteiger partial charge in [0.15, 0.2) is 24.8 Å². The predicted molar refractivity (Wildman–Crippen MR) is 109 cm³/mol. The Bertz CT molecular complexity index is 1060. The number of methoxy groups -OCH3 is 2. The first-order valence-electron chi connectivity index (χ1n) is 9.83. The number of aliphatic hydroxyl groups excluding tert-OH is 3. The molecule has 0 saturated carbocycles. The van der Waals surface area contributed by atoms with Crippen LogP contribution in [0.5, 0.6) is 0 Å². The van der Waals surface area contributed by atoms with Gasteiger partial charge >= 0.3 is 31.2 Å². The molecule has 0 aromatic rings. The van der Waals surface area contributed by atoms with Crippen LogP contribution < -0.4 is 0 Å². The van der Waals surface area contributed by atoms with Crippen molar-refractivity contribution in [3.63, 3.8) is 0 Å². The first kappa shape index (κ1) is 32.5. The summed E-state index contributed by atoms with van der Waals surface area (Å²) >= 11 is 0. The average molecular weight is 611 g/mol. The summed E-state index contributed by atoms with van der Waals surface area (Å²) in [6.45, 7) is -2.03. The van der Waals surface area contributed by atoms with Crippen molar-refractivity contribution in [1.82, 2.24) is 0 Å². The first-order chi connectivity index (χ1) is 16.9. The molecule has 2 aliphatic heterocycles. The maximum atomic E-state index is 11.4. The van der Waals surface area contributed by atoms with E-state index >= 15 is 0 Å². The fraction of sp³-hybridized carbons (Fsp3) is 1.00. The fourth-order valence-electron chi connectivity index (χ4n) is 3.60. The lowest BCUT2D eigenvalue weighted by Crippen LogP contribution is -2.66. The monoisotopic (exact) mass is 610 g/mol. The van der Waals surface area contributed by atoms with Crippen molar-refractivity contribution in [3.05, 3.63) is 0 Å². The SMILES string of the molecule is COC1OC(COS(=O)(=O)O)C(OC2OC(CO)C(O)C(OC)C2OS(=O)(=O)O)C(O)C1OS(=O)(=O)O. The second-order valence-corrected chi connectivity index (χ2v) is 10.7. The number of rotatable bonds is 12. The van der Waals surface area contributed by atoms with Gasteiger partial charge in [-0.1, -0.05) is 0 Å². The van der Waals surface area contributed by atoms with Crippen molar-refractivity contribution in [2.75, 3.05) is 27.4 Å². The fourth-order valence-corrected chi connectivity index (χ4v) is 4.88. The highest BCUT2D eigenvalue weighted by Gasteiger charge is 2.54. The molecule has 10 atom stereocenters. The standard InChI is InChI=1S/C14H26O20S3/c1-27-10-7(16)5(3-15)30-14(12(10)34-37(24,25)26)32-9-6(4-29-35(18,19)20)31-13(28-2)11(8(9)17)33-36(21,22)23/h5-17H,3-4H2,1-2H3,(H,18,19,20)(H,21,22,23)(H,24,25,26). The number of hydrogen-bond acceptors (Lipinski definition) is 17. The maximum Gasteiger partial charge on any atom is 0.397 e. The lowest BCUT2D eigenvalue weighted by molar-refractivity contribution is -0.353. The van der Waals surface area contributed by atoms with Gasteiger partial charge in [-0.05, 0) is 0 Å². The molecule has 2 aliphatic rings. The molecule has 20 nitrogen and oxygen atoms in total. The molecule has 10 unspecified atom stereocenters. The smallest absolute Gasteiger partial charge is 0.394 e. The van der Waals surface area contributed by atoms with Crippen LogP contribution >= 0.6 is 0 Å². The summed E-state index contributed by atoms with van der Waals surface area (Å²) in [4.78, 5) is 0. The van der Waals surface area contributed by atoms with E-state index in [0.717, 1.165) is 14.2 Å². The molecule has 6 N–H and O–H groups in total. The third-order valence-corrected chi connectivity index (χ3v) is 6.42. The Morgan fingerprint density at radius 1 is 0.676 bits per heavy atom. The zero-order valence-electron chi connectivity index (χ0n) is 18.8. The van der Waals surface area contributed by atoms with Crippen LogP contribution in [0, 0.1) is 0 Å². The molecule has 0 aromatic carbocycles. The van der Waals surface area contributed by atoms with Crippen molar-refractivity contribution in [1.29, 1.82) is 0 Å². The van der Waals surface area contributed by atoms with Gasteiger partial charge < -0.3 is 39.0 Å². The highest BCUT2D eigenvalue weighted by molar-refractivity contribution is 7.81. The van der Waals surface area contributed by atoms with Gasteiger partial charge in [-0.2, -0.15) is 25.3 Å². The van der Waals surface area contributed by atoms with Gasteiger partial charge in [0, 0.05) is 14.2 Å². The molecule has 0 aromatic heterocycles. The van der Waals surface area contributed by atoms with Crippen LogP contribution in [-0.2, 0) is 67.4 Å². The molecule has 0 spiro atoms. The van der Waals surface area contributed by atoms with Gasteiger partial charge in [0.1, 0.15) is 36.6 Å². The Balaban J connectivity index is 2.49. The predicted octanol–water partition coefficient (Wildman–Crippen LogP) is -4.61. The minimum Gasteiger partial charge on any atom is -0.394 e. The minimum absolute atomic E-state index is 0.904. The van der Waals surface area contributed by atoms with Gasteiger partial charge in [0.25, 0.3) is 0 Å². The Morgan fingerprint density at radius 2 is 1.22 bits per heavy atom. The molecular weight excluding hydrogens is 584 g/mol. The number of hydrogen-bond donors (Lipinski definition) is 6. The zero-order valence-corrected chi connectivity index (χ0v) is 21.3. The van der Waals surface area contributed by atoms with Gasteiger partial charge in [0.2, 0.25) is 0 Å². The molecule has 2 saturated heterocycles. The molecule has 2 rings (SSSR count). The number of aliphatic hydroxyl groups is 3. The van der Waals surface area contributed by atoms with Crippen LogP contribution in [0.1, 0.15) is 0 Å². The zero-order chi connectivity index (χ0) is 28.3. The molecule has 37 heavy (non-hydrogen) atoms. The molecule has 2 fully saturated rings. The molecule has 0 aliphatic carbocycles. The first-order valence-corrected chi connectivity index (χ1v) is 13.9. The molecular formula is C14H26O20S3. The van der Waals surface area contributed by atoms with Crippen LogP contribution in [0.4, 0.5) is 0 Å². The Labute approximate surface area is 210 Å². The third kappa shape index (κ3) is 9.17. The van der Waals surface area contributed by atoms with E-state index in [9.17, 15) is 40.6 Å². The van der Waals surface area contributed by atoms with Crippen molar-refractivity contribution in [3.8, 4) is 0 Å². The van der Waals surface area contributed by atoms with Gasteiger partial charge in [-0.25, -0.2) is 12.5 Å². The van der Waals surface area contributed by atoms with Crippen molar-refractivity contribution < 1.29 is 90.5 Å². The van der Waals surface area contributed by atoms with Crippen LogP contribution in [0.25, 0.3) is 0 Å². The maximum absolute atomic E-state index is 11.4. The lowest BCUT2D eigenvalue weighted by atomic mass is 9.97. The normalized spacial score (nSPS) is 37.9. The summed E-state index contributed by atoms with van der Waals surface area (Å²) in [5.74, 6) is 0. The second kappa shape index (κ2) is 12.6. The third-order valence-electron chi connectivity index (χ3n) is 5.06. The largest absolute Gasteiger partial charge is 0.397 e. The molecule has 0 amide bonds. The van der Waals surface area contributed by atoms with Crippen molar-refractivity contribution in [2.45, 2.75) is 61.4 Å². The van der Waals surface area contributed by atoms with E-state index in [1.54, 1.807) is 0 Å². The van der Waals surface area contributed by atoms with Crippen LogP contribution in [0.15, 0.2) is 0 Å². The molecule has 0 radical (unpaired) electrons. The number of ether oxygens (including phenoxy) is 5. The topological polar surface area (TPSA) is 298 Å². The molecule has 2 heterocycles. The Hall–Kier alpha value is -0.710. The van der Waals surface area contributed by atoms with E-state index in [-0.39, 0.29) is 0 Å². The lowest BCUT2D eigenvalue weighted by Gasteiger charge is -2.47. The van der Waals surface area contributed by atoms with Crippen molar-refractivity contribution in [2.24, 2.45) is 0 Å². The average Bonchev–Trinajstić information content (AvgIpc) is 2.75. The molecule has 220 valence electrons. The highest BCUT2D eigenvalue weighted by atomic mass is 32.3. The molecule has 23 heteroatoms. The Kier molecular flexibility index (Phi) is 11.1. The van der Waals surface area contributed by atoms with Crippen LogP contribution in [0.2, 0.25) is 0 Å². The quantitative estimate of drug-likeness (QED) is 0.113. The summed E-state index contributed by atoms with van der Waals surface area (Å²) < 4.78 is 133. The van der Waals surface area contributed by atoms with E-state index in [1.807, 2.05) is 0 Å². The summed E-state index contributed by atoms with van der Waals surface area (Å²) in [5.41, 5.74) is 0. The highest BCUT2D eigenvalue weighted by Crippen LogP contribution is 2.33. The van der Waals surface area contributed by atoms with E-state index in [4.69, 9.17) is 37.3 Å². The van der Waals surface area contributed by atoms with Gasteiger partial charge in [0.05, 0.1) is 13.2 Å². The van der Waals surface area contributed by atoms with Crippen LogP contribution in [0.3, 0.4) is 0 Å². The Morgan fingerprint density at radius 3 is 1.68 bits per heavy atom. The van der Waals surface area contributed by atoms with E-state index in [0.29, 0.717) is 0 Å². The minimum atomic E-state index is -5.29. The van der Waals surface area contributed by atoms with E-state index in [2.05, 4.69) is 12.5 Å². The van der Waals surface area contributed by atoms with Crippen molar-refractivity contribution >= 4 is 31.2 Å². The molecule has 0 bridgehead atoms. The van der Waals surface area contributed by atoms with Gasteiger partial charge in [-0.15, -0.1) is 0 Å². The summed E-state index contributed by atoms with van der Waals surface area (Å²) in [6, 6.07) is 0.